The highest BCUT2D eigenvalue weighted by molar-refractivity contribution is 5.63. The smallest absolute Gasteiger partial charge is 0.163 e. The molecule has 98 valence electrons. The molecule has 1 aliphatic carbocycles. The summed E-state index contributed by atoms with van der Waals surface area (Å²) in [6.07, 6.45) is 4.08. The van der Waals surface area contributed by atoms with Crippen LogP contribution < -0.4 is 0 Å². The SMILES string of the molecule is Cc1nc(-c2c(C)ncnc2C2CC2)nc(C)c1C. The zero-order chi connectivity index (χ0) is 13.6. The van der Waals surface area contributed by atoms with Gasteiger partial charge >= 0.3 is 0 Å². The van der Waals surface area contributed by atoms with Crippen molar-refractivity contribution in [1.82, 2.24) is 19.9 Å². The highest BCUT2D eigenvalue weighted by Crippen LogP contribution is 2.43. The van der Waals surface area contributed by atoms with Gasteiger partial charge in [-0.2, -0.15) is 0 Å². The molecule has 19 heavy (non-hydrogen) atoms. The fourth-order valence-electron chi connectivity index (χ4n) is 2.32. The van der Waals surface area contributed by atoms with E-state index in [1.165, 1.54) is 12.8 Å². The third-order valence-corrected chi connectivity index (χ3v) is 3.89. The largest absolute Gasteiger partial charge is 0.241 e. The molecule has 0 amide bonds. The van der Waals surface area contributed by atoms with Crippen LogP contribution in [-0.2, 0) is 0 Å². The summed E-state index contributed by atoms with van der Waals surface area (Å²) in [4.78, 5) is 18.1. The summed E-state index contributed by atoms with van der Waals surface area (Å²) >= 11 is 0. The lowest BCUT2D eigenvalue weighted by molar-refractivity contribution is 0.944. The van der Waals surface area contributed by atoms with Gasteiger partial charge in [-0.05, 0) is 46.1 Å². The van der Waals surface area contributed by atoms with Gasteiger partial charge in [0.1, 0.15) is 6.33 Å². The second-order valence-electron chi connectivity index (χ2n) is 5.34. The van der Waals surface area contributed by atoms with Crippen LogP contribution in [0.2, 0.25) is 0 Å². The lowest BCUT2D eigenvalue weighted by Crippen LogP contribution is -2.04. The second-order valence-corrected chi connectivity index (χ2v) is 5.34. The second kappa shape index (κ2) is 4.37. The first-order valence-electron chi connectivity index (χ1n) is 6.71. The first-order chi connectivity index (χ1) is 9.08. The van der Waals surface area contributed by atoms with Gasteiger partial charge in [0.2, 0.25) is 0 Å². The van der Waals surface area contributed by atoms with Crippen LogP contribution in [0, 0.1) is 27.7 Å². The molecule has 0 aromatic carbocycles. The van der Waals surface area contributed by atoms with Crippen molar-refractivity contribution in [1.29, 1.82) is 0 Å². The zero-order valence-electron chi connectivity index (χ0n) is 11.9. The van der Waals surface area contributed by atoms with E-state index in [0.29, 0.717) is 5.92 Å². The zero-order valence-corrected chi connectivity index (χ0v) is 11.9. The molecule has 1 fully saturated rings. The number of hydrogen-bond acceptors (Lipinski definition) is 4. The molecule has 0 bridgehead atoms. The molecular formula is C15H18N4. The Morgan fingerprint density at radius 3 is 2.11 bits per heavy atom. The Bertz CT molecular complexity index is 622. The van der Waals surface area contributed by atoms with Crippen molar-refractivity contribution < 1.29 is 0 Å². The van der Waals surface area contributed by atoms with E-state index in [2.05, 4.69) is 26.9 Å². The monoisotopic (exact) mass is 254 g/mol. The molecule has 2 aromatic rings. The van der Waals surface area contributed by atoms with E-state index in [1.807, 2.05) is 20.8 Å². The minimum absolute atomic E-state index is 0.571. The topological polar surface area (TPSA) is 51.6 Å². The number of nitrogens with zero attached hydrogens (tertiary/aromatic N) is 4. The Kier molecular flexibility index (Phi) is 2.81. The molecule has 2 aromatic heterocycles. The molecule has 1 saturated carbocycles. The number of hydrogen-bond donors (Lipinski definition) is 0. The maximum Gasteiger partial charge on any atom is 0.163 e. The minimum Gasteiger partial charge on any atom is -0.241 e. The van der Waals surface area contributed by atoms with Crippen LogP contribution >= 0.6 is 0 Å². The molecule has 4 nitrogen and oxygen atoms in total. The molecular weight excluding hydrogens is 236 g/mol. The average molecular weight is 254 g/mol. The summed E-state index contributed by atoms with van der Waals surface area (Å²) in [5.74, 6) is 1.35. The predicted molar refractivity (Wildman–Crippen MR) is 74.0 cm³/mol. The van der Waals surface area contributed by atoms with Crippen LogP contribution in [0.1, 0.15) is 47.1 Å². The molecule has 0 atom stereocenters. The van der Waals surface area contributed by atoms with E-state index in [-0.39, 0.29) is 0 Å². The average Bonchev–Trinajstić information content (AvgIpc) is 3.19. The number of rotatable bonds is 2. The first-order valence-corrected chi connectivity index (χ1v) is 6.71. The quantitative estimate of drug-likeness (QED) is 0.826. The predicted octanol–water partition coefficient (Wildman–Crippen LogP) is 3.04. The Labute approximate surface area is 113 Å². The molecule has 4 heteroatoms. The highest BCUT2D eigenvalue weighted by atomic mass is 14.9. The van der Waals surface area contributed by atoms with Crippen molar-refractivity contribution in [3.8, 4) is 11.4 Å². The Balaban J connectivity index is 2.21. The summed E-state index contributed by atoms with van der Waals surface area (Å²) in [7, 11) is 0. The van der Waals surface area contributed by atoms with E-state index in [1.54, 1.807) is 6.33 Å². The van der Waals surface area contributed by atoms with Crippen LogP contribution in [0.3, 0.4) is 0 Å². The normalized spacial score (nSPS) is 14.7. The van der Waals surface area contributed by atoms with Gasteiger partial charge in [-0.15, -0.1) is 0 Å². The fourth-order valence-corrected chi connectivity index (χ4v) is 2.32. The van der Waals surface area contributed by atoms with Crippen molar-refractivity contribution in [3.05, 3.63) is 34.7 Å². The van der Waals surface area contributed by atoms with E-state index in [9.17, 15) is 0 Å². The molecule has 2 heterocycles. The molecule has 1 aliphatic rings. The molecule has 0 radical (unpaired) electrons. The van der Waals surface area contributed by atoms with Crippen LogP contribution in [-0.4, -0.2) is 19.9 Å². The maximum atomic E-state index is 4.64. The van der Waals surface area contributed by atoms with E-state index < -0.39 is 0 Å². The lowest BCUT2D eigenvalue weighted by Gasteiger charge is -2.12. The van der Waals surface area contributed by atoms with E-state index in [4.69, 9.17) is 0 Å². The van der Waals surface area contributed by atoms with Gasteiger partial charge in [-0.25, -0.2) is 19.9 Å². The maximum absolute atomic E-state index is 4.64. The lowest BCUT2D eigenvalue weighted by atomic mass is 10.1. The van der Waals surface area contributed by atoms with E-state index in [0.717, 1.165) is 39.7 Å². The Hall–Kier alpha value is -1.84. The van der Waals surface area contributed by atoms with Crippen molar-refractivity contribution in [2.75, 3.05) is 0 Å². The molecule has 0 aliphatic heterocycles. The van der Waals surface area contributed by atoms with Crippen molar-refractivity contribution >= 4 is 0 Å². The summed E-state index contributed by atoms with van der Waals surface area (Å²) in [5, 5.41) is 0. The number of aromatic nitrogens is 4. The highest BCUT2D eigenvalue weighted by Gasteiger charge is 2.30. The molecule has 3 rings (SSSR count). The van der Waals surface area contributed by atoms with Crippen LogP contribution in [0.5, 0.6) is 0 Å². The van der Waals surface area contributed by atoms with Gasteiger partial charge in [0, 0.05) is 17.3 Å². The molecule has 0 saturated heterocycles. The Morgan fingerprint density at radius 2 is 1.53 bits per heavy atom. The van der Waals surface area contributed by atoms with Crippen LogP contribution in [0.15, 0.2) is 6.33 Å². The summed E-state index contributed by atoms with van der Waals surface area (Å²) in [6.45, 7) is 8.13. The van der Waals surface area contributed by atoms with Gasteiger partial charge in [0.15, 0.2) is 5.82 Å². The van der Waals surface area contributed by atoms with E-state index >= 15 is 0 Å². The van der Waals surface area contributed by atoms with Gasteiger partial charge in [-0.1, -0.05) is 0 Å². The first kappa shape index (κ1) is 12.2. The third-order valence-electron chi connectivity index (χ3n) is 3.89. The molecule has 0 spiro atoms. The minimum atomic E-state index is 0.571. The van der Waals surface area contributed by atoms with Gasteiger partial charge in [0.25, 0.3) is 0 Å². The molecule has 0 unspecified atom stereocenters. The van der Waals surface area contributed by atoms with Crippen molar-refractivity contribution in [2.24, 2.45) is 0 Å². The van der Waals surface area contributed by atoms with Crippen LogP contribution in [0.25, 0.3) is 11.4 Å². The van der Waals surface area contributed by atoms with Crippen molar-refractivity contribution in [2.45, 2.75) is 46.5 Å². The third kappa shape index (κ3) is 2.11. The van der Waals surface area contributed by atoms with Crippen molar-refractivity contribution in [3.63, 3.8) is 0 Å². The summed E-state index contributed by atoms with van der Waals surface area (Å²) < 4.78 is 0. The summed E-state index contributed by atoms with van der Waals surface area (Å²) in [5.41, 5.74) is 6.36. The summed E-state index contributed by atoms with van der Waals surface area (Å²) in [6, 6.07) is 0. The fraction of sp³-hybridized carbons (Fsp3) is 0.467. The molecule has 0 N–H and O–H groups in total. The Morgan fingerprint density at radius 1 is 0.895 bits per heavy atom. The van der Waals surface area contributed by atoms with Gasteiger partial charge in [-0.3, -0.25) is 0 Å². The number of aryl methyl sites for hydroxylation is 3. The van der Waals surface area contributed by atoms with Gasteiger partial charge < -0.3 is 0 Å². The van der Waals surface area contributed by atoms with Crippen LogP contribution in [0.4, 0.5) is 0 Å². The standard InChI is InChI=1S/C15H18N4/c1-8-9(2)18-15(19-10(8)3)13-11(4)16-7-17-14(13)12-5-6-12/h7,12H,5-6H2,1-4H3. The van der Waals surface area contributed by atoms with Gasteiger partial charge in [0.05, 0.1) is 17.0 Å².